The van der Waals surface area contributed by atoms with E-state index >= 15 is 0 Å². The first kappa shape index (κ1) is 21.0. The topological polar surface area (TPSA) is 76.1 Å². The van der Waals surface area contributed by atoms with Crippen molar-refractivity contribution >= 4 is 35.1 Å². The number of methoxy groups -OCH3 is 1. The molecule has 1 amide bonds. The van der Waals surface area contributed by atoms with Crippen LogP contribution in [0, 0.1) is 0 Å². The lowest BCUT2D eigenvalue weighted by atomic mass is 10.2. The van der Waals surface area contributed by atoms with Gasteiger partial charge in [-0.05, 0) is 29.5 Å². The third-order valence-electron chi connectivity index (χ3n) is 4.17. The number of amides is 1. The fourth-order valence-corrected chi connectivity index (χ4v) is 3.26. The molecular formula is C21H21ClN4O2S. The van der Waals surface area contributed by atoms with E-state index in [-0.39, 0.29) is 5.91 Å². The Kier molecular flexibility index (Phi) is 7.32. The van der Waals surface area contributed by atoms with Crippen LogP contribution < -0.4 is 15.4 Å². The van der Waals surface area contributed by atoms with Gasteiger partial charge in [0, 0.05) is 19.3 Å². The summed E-state index contributed by atoms with van der Waals surface area (Å²) in [6, 6.07) is 15.3. The van der Waals surface area contributed by atoms with Gasteiger partial charge in [0.2, 0.25) is 0 Å². The Bertz CT molecular complexity index is 986. The SMILES string of the molecule is COc1ccc(CNc2nc(SC)ncc2C(=O)NCc2ccccc2)cc1Cl. The average Bonchev–Trinajstić information content (AvgIpc) is 2.76. The molecule has 0 unspecified atom stereocenters. The van der Waals surface area contributed by atoms with Crippen molar-refractivity contribution in [1.82, 2.24) is 15.3 Å². The van der Waals surface area contributed by atoms with E-state index in [0.29, 0.717) is 40.4 Å². The number of hydrogen-bond donors (Lipinski definition) is 2. The summed E-state index contributed by atoms with van der Waals surface area (Å²) in [5, 5.41) is 7.25. The molecule has 0 fully saturated rings. The van der Waals surface area contributed by atoms with Crippen LogP contribution in [0.5, 0.6) is 5.75 Å². The molecule has 0 saturated heterocycles. The number of thioether (sulfide) groups is 1. The Morgan fingerprint density at radius 1 is 1.14 bits per heavy atom. The number of anilines is 1. The summed E-state index contributed by atoms with van der Waals surface area (Å²) in [7, 11) is 1.57. The molecule has 0 spiro atoms. The van der Waals surface area contributed by atoms with Crippen LogP contribution in [0.4, 0.5) is 5.82 Å². The Hall–Kier alpha value is -2.77. The molecule has 0 radical (unpaired) electrons. The van der Waals surface area contributed by atoms with Gasteiger partial charge < -0.3 is 15.4 Å². The first-order chi connectivity index (χ1) is 14.1. The van der Waals surface area contributed by atoms with E-state index in [4.69, 9.17) is 16.3 Å². The van der Waals surface area contributed by atoms with E-state index in [1.807, 2.05) is 48.7 Å². The summed E-state index contributed by atoms with van der Waals surface area (Å²) in [6.07, 6.45) is 3.43. The van der Waals surface area contributed by atoms with E-state index in [2.05, 4.69) is 20.6 Å². The van der Waals surface area contributed by atoms with Crippen LogP contribution in [0.25, 0.3) is 0 Å². The highest BCUT2D eigenvalue weighted by atomic mass is 35.5. The van der Waals surface area contributed by atoms with Gasteiger partial charge in [-0.1, -0.05) is 59.8 Å². The van der Waals surface area contributed by atoms with Crippen molar-refractivity contribution in [2.45, 2.75) is 18.2 Å². The van der Waals surface area contributed by atoms with Gasteiger partial charge in [0.25, 0.3) is 5.91 Å². The van der Waals surface area contributed by atoms with Crippen molar-refractivity contribution in [1.29, 1.82) is 0 Å². The number of halogens is 1. The van der Waals surface area contributed by atoms with Crippen molar-refractivity contribution < 1.29 is 9.53 Å². The van der Waals surface area contributed by atoms with Gasteiger partial charge in [0.05, 0.1) is 12.1 Å². The Morgan fingerprint density at radius 3 is 2.62 bits per heavy atom. The number of nitrogens with zero attached hydrogens (tertiary/aromatic N) is 2. The van der Waals surface area contributed by atoms with Crippen molar-refractivity contribution in [3.05, 3.63) is 76.4 Å². The maximum atomic E-state index is 12.7. The Morgan fingerprint density at radius 2 is 1.93 bits per heavy atom. The van der Waals surface area contributed by atoms with Gasteiger partial charge in [-0.25, -0.2) is 9.97 Å². The quantitative estimate of drug-likeness (QED) is 0.409. The highest BCUT2D eigenvalue weighted by Crippen LogP contribution is 2.25. The maximum absolute atomic E-state index is 12.7. The number of carbonyl (C=O) groups excluding carboxylic acids is 1. The van der Waals surface area contributed by atoms with E-state index < -0.39 is 0 Å². The second-order valence-electron chi connectivity index (χ2n) is 6.11. The molecule has 1 heterocycles. The lowest BCUT2D eigenvalue weighted by Crippen LogP contribution is -2.24. The fraction of sp³-hybridized carbons (Fsp3) is 0.190. The first-order valence-electron chi connectivity index (χ1n) is 8.90. The van der Waals surface area contributed by atoms with Crippen LogP contribution in [-0.2, 0) is 13.1 Å². The van der Waals surface area contributed by atoms with Crippen LogP contribution in [0.1, 0.15) is 21.5 Å². The lowest BCUT2D eigenvalue weighted by molar-refractivity contribution is 0.0951. The molecule has 0 aliphatic heterocycles. The number of hydrogen-bond acceptors (Lipinski definition) is 6. The van der Waals surface area contributed by atoms with Crippen molar-refractivity contribution in [2.75, 3.05) is 18.7 Å². The Balaban J connectivity index is 1.74. The third-order valence-corrected chi connectivity index (χ3v) is 5.02. The van der Waals surface area contributed by atoms with Gasteiger partial charge in [0.1, 0.15) is 17.1 Å². The number of nitrogens with one attached hydrogen (secondary N) is 2. The van der Waals surface area contributed by atoms with Crippen LogP contribution in [0.15, 0.2) is 59.9 Å². The minimum atomic E-state index is -0.239. The zero-order valence-corrected chi connectivity index (χ0v) is 17.7. The molecule has 0 aliphatic rings. The minimum absolute atomic E-state index is 0.239. The molecule has 0 aliphatic carbocycles. The summed E-state index contributed by atoms with van der Waals surface area (Å²) in [5.74, 6) is 0.849. The number of ether oxygens (including phenoxy) is 1. The van der Waals surface area contributed by atoms with Crippen LogP contribution in [-0.4, -0.2) is 29.2 Å². The zero-order chi connectivity index (χ0) is 20.6. The first-order valence-corrected chi connectivity index (χ1v) is 10.5. The minimum Gasteiger partial charge on any atom is -0.495 e. The molecule has 3 aromatic rings. The number of benzene rings is 2. The summed E-state index contributed by atoms with van der Waals surface area (Å²) >= 11 is 7.61. The standard InChI is InChI=1S/C21H21ClN4O2S/c1-28-18-9-8-15(10-17(18)22)12-23-19-16(13-25-21(26-19)29-2)20(27)24-11-14-6-4-3-5-7-14/h3-10,13H,11-12H2,1-2H3,(H,24,27)(H,23,25,26). The normalized spacial score (nSPS) is 10.4. The maximum Gasteiger partial charge on any atom is 0.256 e. The van der Waals surface area contributed by atoms with E-state index in [9.17, 15) is 4.79 Å². The van der Waals surface area contributed by atoms with Crippen LogP contribution in [0.2, 0.25) is 5.02 Å². The second kappa shape index (κ2) is 10.1. The van der Waals surface area contributed by atoms with Crippen molar-refractivity contribution in [3.63, 3.8) is 0 Å². The highest BCUT2D eigenvalue weighted by Gasteiger charge is 2.15. The van der Waals surface area contributed by atoms with Crippen LogP contribution in [0.3, 0.4) is 0 Å². The van der Waals surface area contributed by atoms with Gasteiger partial charge >= 0.3 is 0 Å². The molecule has 150 valence electrons. The summed E-state index contributed by atoms with van der Waals surface area (Å²) in [6.45, 7) is 0.880. The van der Waals surface area contributed by atoms with Crippen molar-refractivity contribution in [3.8, 4) is 5.75 Å². The molecule has 0 saturated carbocycles. The van der Waals surface area contributed by atoms with Gasteiger partial charge in [0.15, 0.2) is 5.16 Å². The molecule has 6 nitrogen and oxygen atoms in total. The molecular weight excluding hydrogens is 408 g/mol. The molecule has 2 N–H and O–H groups in total. The van der Waals surface area contributed by atoms with E-state index in [1.165, 1.54) is 11.8 Å². The predicted octanol–water partition coefficient (Wildman–Crippen LogP) is 4.40. The highest BCUT2D eigenvalue weighted by molar-refractivity contribution is 7.98. The Labute approximate surface area is 179 Å². The number of aromatic nitrogens is 2. The van der Waals surface area contributed by atoms with Gasteiger partial charge in [-0.2, -0.15) is 0 Å². The molecule has 1 aromatic heterocycles. The summed E-state index contributed by atoms with van der Waals surface area (Å²) < 4.78 is 5.18. The zero-order valence-electron chi connectivity index (χ0n) is 16.1. The second-order valence-corrected chi connectivity index (χ2v) is 7.29. The summed E-state index contributed by atoms with van der Waals surface area (Å²) in [5.41, 5.74) is 2.35. The lowest BCUT2D eigenvalue weighted by Gasteiger charge is -2.13. The van der Waals surface area contributed by atoms with Gasteiger partial charge in [-0.15, -0.1) is 0 Å². The largest absolute Gasteiger partial charge is 0.495 e. The fourth-order valence-electron chi connectivity index (χ4n) is 2.64. The molecule has 2 aromatic carbocycles. The molecule has 29 heavy (non-hydrogen) atoms. The molecule has 3 rings (SSSR count). The third kappa shape index (κ3) is 5.62. The van der Waals surface area contributed by atoms with Crippen molar-refractivity contribution in [2.24, 2.45) is 0 Å². The van der Waals surface area contributed by atoms with Gasteiger partial charge in [-0.3, -0.25) is 4.79 Å². The monoisotopic (exact) mass is 428 g/mol. The average molecular weight is 429 g/mol. The molecule has 0 bridgehead atoms. The predicted molar refractivity (Wildman–Crippen MR) is 117 cm³/mol. The molecule has 0 atom stereocenters. The number of rotatable bonds is 8. The van der Waals surface area contributed by atoms with E-state index in [1.54, 1.807) is 19.4 Å². The number of carbonyl (C=O) groups is 1. The summed E-state index contributed by atoms with van der Waals surface area (Å²) in [4.78, 5) is 21.4. The van der Waals surface area contributed by atoms with Crippen LogP contribution >= 0.6 is 23.4 Å². The smallest absolute Gasteiger partial charge is 0.256 e. The van der Waals surface area contributed by atoms with E-state index in [0.717, 1.165) is 11.1 Å². The molecule has 8 heteroatoms.